The number of likely N-dealkylation sites (N-methyl/N-ethyl adjacent to an activating group) is 1. The highest BCUT2D eigenvalue weighted by molar-refractivity contribution is 6.13. The van der Waals surface area contributed by atoms with Gasteiger partial charge in [0.25, 0.3) is 5.91 Å². The van der Waals surface area contributed by atoms with E-state index in [1.807, 2.05) is 41.2 Å². The first kappa shape index (κ1) is 18.9. The predicted octanol–water partition coefficient (Wildman–Crippen LogP) is 3.64. The van der Waals surface area contributed by atoms with Gasteiger partial charge in [0.15, 0.2) is 0 Å². The molecule has 0 radical (unpaired) electrons. The lowest BCUT2D eigenvalue weighted by atomic mass is 10.0. The topological polar surface area (TPSA) is 59.4 Å². The summed E-state index contributed by atoms with van der Waals surface area (Å²) in [5.41, 5.74) is 1.31. The summed E-state index contributed by atoms with van der Waals surface area (Å²) < 4.78 is 7.26. The maximum atomic E-state index is 12.8. The summed E-state index contributed by atoms with van der Waals surface area (Å²) >= 11 is 0. The number of carbonyl (C=O) groups excluding carboxylic acids is 1. The molecule has 1 aromatic heterocycles. The molecule has 0 unspecified atom stereocenters. The highest BCUT2D eigenvalue weighted by Gasteiger charge is 2.13. The zero-order chi connectivity index (χ0) is 19.2. The summed E-state index contributed by atoms with van der Waals surface area (Å²) in [4.78, 5) is 15.1. The van der Waals surface area contributed by atoms with E-state index in [9.17, 15) is 4.79 Å². The summed E-state index contributed by atoms with van der Waals surface area (Å²) in [5.74, 6) is 0.600. The SMILES string of the molecule is CCN(CC)CCn1cc(NC(=O)c2ccc(OC)c3ccccc23)cn1. The van der Waals surface area contributed by atoms with Gasteiger partial charge in [0, 0.05) is 23.7 Å². The Hall–Kier alpha value is -2.86. The molecule has 3 aromatic rings. The molecule has 6 heteroatoms. The van der Waals surface area contributed by atoms with Crippen LogP contribution in [-0.4, -0.2) is 47.3 Å². The van der Waals surface area contributed by atoms with Crippen LogP contribution in [0, 0.1) is 0 Å². The Morgan fingerprint density at radius 3 is 2.59 bits per heavy atom. The van der Waals surface area contributed by atoms with Crippen molar-refractivity contribution in [3.05, 3.63) is 54.4 Å². The Bertz CT molecular complexity index is 915. The first-order valence-corrected chi connectivity index (χ1v) is 9.28. The third-order valence-electron chi connectivity index (χ3n) is 4.78. The van der Waals surface area contributed by atoms with Gasteiger partial charge in [0.05, 0.1) is 25.5 Å². The van der Waals surface area contributed by atoms with Gasteiger partial charge in [-0.2, -0.15) is 5.10 Å². The number of rotatable bonds is 8. The van der Waals surface area contributed by atoms with E-state index < -0.39 is 0 Å². The molecule has 0 aliphatic carbocycles. The minimum absolute atomic E-state index is 0.155. The van der Waals surface area contributed by atoms with E-state index in [1.165, 1.54) is 0 Å². The third kappa shape index (κ3) is 4.28. The maximum Gasteiger partial charge on any atom is 0.256 e. The standard InChI is InChI=1S/C21H26N4O2/c1-4-24(5-2)12-13-25-15-16(14-22-25)23-21(26)19-10-11-20(27-3)18-9-7-6-8-17(18)19/h6-11,14-15H,4-5,12-13H2,1-3H3,(H,23,26). The van der Waals surface area contributed by atoms with Gasteiger partial charge >= 0.3 is 0 Å². The van der Waals surface area contributed by atoms with Crippen LogP contribution in [0.3, 0.4) is 0 Å². The molecule has 142 valence electrons. The van der Waals surface area contributed by atoms with Crippen LogP contribution in [0.5, 0.6) is 5.75 Å². The molecule has 1 amide bonds. The van der Waals surface area contributed by atoms with E-state index >= 15 is 0 Å². The molecule has 1 N–H and O–H groups in total. The molecule has 0 atom stereocenters. The number of benzene rings is 2. The maximum absolute atomic E-state index is 12.8. The molecule has 1 heterocycles. The van der Waals surface area contributed by atoms with Crippen LogP contribution in [0.4, 0.5) is 5.69 Å². The van der Waals surface area contributed by atoms with Gasteiger partial charge in [0.2, 0.25) is 0 Å². The monoisotopic (exact) mass is 366 g/mol. The fourth-order valence-electron chi connectivity index (χ4n) is 3.18. The number of ether oxygens (including phenoxy) is 1. The number of fused-ring (bicyclic) bond motifs is 1. The van der Waals surface area contributed by atoms with Gasteiger partial charge in [-0.1, -0.05) is 38.1 Å². The van der Waals surface area contributed by atoms with Gasteiger partial charge in [-0.25, -0.2) is 0 Å². The van der Waals surface area contributed by atoms with Crippen LogP contribution in [0.1, 0.15) is 24.2 Å². The molecule has 0 saturated carbocycles. The Kier molecular flexibility index (Phi) is 6.08. The quantitative estimate of drug-likeness (QED) is 0.661. The zero-order valence-corrected chi connectivity index (χ0v) is 16.1. The van der Waals surface area contributed by atoms with Gasteiger partial charge in [-0.15, -0.1) is 0 Å². The summed E-state index contributed by atoms with van der Waals surface area (Å²) in [5, 5.41) is 9.08. The first-order chi connectivity index (χ1) is 13.2. The molecule has 0 fully saturated rings. The van der Waals surface area contributed by atoms with Crippen molar-refractivity contribution >= 4 is 22.4 Å². The van der Waals surface area contributed by atoms with Gasteiger partial charge < -0.3 is 15.0 Å². The molecular formula is C21H26N4O2. The van der Waals surface area contributed by atoms with E-state index in [4.69, 9.17) is 4.74 Å². The molecule has 27 heavy (non-hydrogen) atoms. The van der Waals surface area contributed by atoms with Crippen LogP contribution in [-0.2, 0) is 6.54 Å². The van der Waals surface area contributed by atoms with Gasteiger partial charge in [-0.05, 0) is 30.6 Å². The largest absolute Gasteiger partial charge is 0.496 e. The number of hydrogen-bond donors (Lipinski definition) is 1. The van der Waals surface area contributed by atoms with Crippen molar-refractivity contribution in [1.29, 1.82) is 0 Å². The minimum Gasteiger partial charge on any atom is -0.496 e. The van der Waals surface area contributed by atoms with Crippen LogP contribution < -0.4 is 10.1 Å². The number of hydrogen-bond acceptors (Lipinski definition) is 4. The van der Waals surface area contributed by atoms with Crippen molar-refractivity contribution in [2.45, 2.75) is 20.4 Å². The molecule has 0 bridgehead atoms. The highest BCUT2D eigenvalue weighted by Crippen LogP contribution is 2.28. The van der Waals surface area contributed by atoms with E-state index in [2.05, 4.69) is 29.2 Å². The van der Waals surface area contributed by atoms with Crippen molar-refractivity contribution in [3.8, 4) is 5.75 Å². The Morgan fingerprint density at radius 1 is 1.15 bits per heavy atom. The summed E-state index contributed by atoms with van der Waals surface area (Å²) in [7, 11) is 1.63. The number of anilines is 1. The molecule has 0 aliphatic rings. The number of nitrogens with zero attached hydrogens (tertiary/aromatic N) is 3. The van der Waals surface area contributed by atoms with Crippen LogP contribution >= 0.6 is 0 Å². The first-order valence-electron chi connectivity index (χ1n) is 9.28. The zero-order valence-electron chi connectivity index (χ0n) is 16.1. The second kappa shape index (κ2) is 8.68. The molecule has 0 aliphatic heterocycles. The molecule has 0 saturated heterocycles. The minimum atomic E-state index is -0.155. The lowest BCUT2D eigenvalue weighted by molar-refractivity contribution is 0.102. The molecular weight excluding hydrogens is 340 g/mol. The van der Waals surface area contributed by atoms with Gasteiger partial charge in [-0.3, -0.25) is 9.48 Å². The van der Waals surface area contributed by atoms with Crippen molar-refractivity contribution in [2.24, 2.45) is 0 Å². The van der Waals surface area contributed by atoms with Crippen molar-refractivity contribution in [2.75, 3.05) is 32.1 Å². The van der Waals surface area contributed by atoms with Crippen molar-refractivity contribution < 1.29 is 9.53 Å². The average molecular weight is 366 g/mol. The van der Waals surface area contributed by atoms with E-state index in [0.717, 1.165) is 42.7 Å². The number of amides is 1. The van der Waals surface area contributed by atoms with Crippen LogP contribution in [0.15, 0.2) is 48.8 Å². The summed E-state index contributed by atoms with van der Waals surface area (Å²) in [6.07, 6.45) is 3.55. The number of nitrogens with one attached hydrogen (secondary N) is 1. The third-order valence-corrected chi connectivity index (χ3v) is 4.78. The highest BCUT2D eigenvalue weighted by atomic mass is 16.5. The molecule has 2 aromatic carbocycles. The Labute approximate surface area is 159 Å². The summed E-state index contributed by atoms with van der Waals surface area (Å²) in [6.45, 7) is 8.07. The van der Waals surface area contributed by atoms with E-state index in [1.54, 1.807) is 19.4 Å². The number of aromatic nitrogens is 2. The molecule has 6 nitrogen and oxygen atoms in total. The van der Waals surface area contributed by atoms with Crippen molar-refractivity contribution in [1.82, 2.24) is 14.7 Å². The summed E-state index contributed by atoms with van der Waals surface area (Å²) in [6, 6.07) is 11.4. The fraction of sp³-hybridized carbons (Fsp3) is 0.333. The van der Waals surface area contributed by atoms with Crippen LogP contribution in [0.25, 0.3) is 10.8 Å². The van der Waals surface area contributed by atoms with E-state index in [-0.39, 0.29) is 5.91 Å². The normalized spacial score (nSPS) is 11.1. The van der Waals surface area contributed by atoms with Crippen LogP contribution in [0.2, 0.25) is 0 Å². The number of methoxy groups -OCH3 is 1. The van der Waals surface area contributed by atoms with Gasteiger partial charge in [0.1, 0.15) is 5.75 Å². The predicted molar refractivity (Wildman–Crippen MR) is 108 cm³/mol. The molecule has 3 rings (SSSR count). The smallest absolute Gasteiger partial charge is 0.256 e. The van der Waals surface area contributed by atoms with Crippen molar-refractivity contribution in [3.63, 3.8) is 0 Å². The second-order valence-corrected chi connectivity index (χ2v) is 6.33. The van der Waals surface area contributed by atoms with E-state index in [0.29, 0.717) is 11.3 Å². The lowest BCUT2D eigenvalue weighted by Crippen LogP contribution is -2.27. The fourth-order valence-corrected chi connectivity index (χ4v) is 3.18. The Balaban J connectivity index is 1.74. The lowest BCUT2D eigenvalue weighted by Gasteiger charge is -2.17. The second-order valence-electron chi connectivity index (χ2n) is 6.33. The average Bonchev–Trinajstić information content (AvgIpc) is 3.15. The Morgan fingerprint density at radius 2 is 1.89 bits per heavy atom. The number of carbonyl (C=O) groups is 1. The molecule has 0 spiro atoms.